The molecule has 1 aromatic rings. The maximum Gasteiger partial charge on any atom is 0.237 e. The van der Waals surface area contributed by atoms with Gasteiger partial charge in [-0.3, -0.25) is 19.3 Å². The molecule has 3 amide bonds. The maximum atomic E-state index is 13.8. The molecule has 1 aliphatic carbocycles. The number of aliphatic hydroxyl groups excluding tert-OH is 1. The number of nitrogens with zero attached hydrogens (tertiary/aromatic N) is 2. The highest BCUT2D eigenvalue weighted by atomic mass is 16.3. The zero-order valence-electron chi connectivity index (χ0n) is 23.7. The lowest BCUT2D eigenvalue weighted by atomic mass is 9.84. The lowest BCUT2D eigenvalue weighted by Crippen LogP contribution is -2.62. The highest BCUT2D eigenvalue weighted by Gasteiger charge is 2.55. The van der Waals surface area contributed by atoms with Gasteiger partial charge in [0.05, 0.1) is 24.0 Å². The van der Waals surface area contributed by atoms with Gasteiger partial charge >= 0.3 is 0 Å². The molecule has 210 valence electrons. The van der Waals surface area contributed by atoms with Crippen molar-refractivity contribution in [2.45, 2.75) is 96.7 Å². The van der Waals surface area contributed by atoms with Crippen LogP contribution in [0.3, 0.4) is 0 Å². The minimum atomic E-state index is -1.00. The van der Waals surface area contributed by atoms with Gasteiger partial charge in [-0.1, -0.05) is 45.0 Å². The standard InChI is InChI=1S/C29H45N5O4/c1-17(30-6)26(36)32-25(29(3,4)5)28(38)33-15-14-23-24(33)21(16-34(23)18(2)35)27(37)31-22-13-9-11-19-10-7-8-12-20(19)22/h7-8,10,12,17,21-25,28,30,38H,9,11,13-16H2,1-6H3,(H,31,37)(H,32,36). The molecule has 0 radical (unpaired) electrons. The van der Waals surface area contributed by atoms with E-state index in [-0.39, 0.29) is 35.8 Å². The first-order valence-corrected chi connectivity index (χ1v) is 14.0. The summed E-state index contributed by atoms with van der Waals surface area (Å²) in [7, 11) is 1.72. The number of aryl methyl sites for hydroxylation is 1. The van der Waals surface area contributed by atoms with Crippen molar-refractivity contribution in [2.75, 3.05) is 20.1 Å². The molecule has 4 rings (SSSR count). The Labute approximate surface area is 226 Å². The number of carbonyl (C=O) groups is 3. The third-order valence-corrected chi connectivity index (χ3v) is 8.79. The highest BCUT2D eigenvalue weighted by Crippen LogP contribution is 2.39. The van der Waals surface area contributed by atoms with E-state index >= 15 is 0 Å². The van der Waals surface area contributed by atoms with Crippen molar-refractivity contribution in [3.8, 4) is 0 Å². The maximum absolute atomic E-state index is 13.8. The van der Waals surface area contributed by atoms with Gasteiger partial charge in [-0.25, -0.2) is 0 Å². The molecule has 2 saturated heterocycles. The van der Waals surface area contributed by atoms with E-state index in [1.807, 2.05) is 37.8 Å². The molecule has 3 aliphatic rings. The SMILES string of the molecule is CNC(C)C(=O)NC(C(O)N1CCC2C1C(C(=O)NC1CCCc3ccccc31)CN2C(C)=O)C(C)(C)C. The molecule has 0 spiro atoms. The van der Waals surface area contributed by atoms with Crippen molar-refractivity contribution in [1.29, 1.82) is 0 Å². The number of hydrogen-bond donors (Lipinski definition) is 4. The van der Waals surface area contributed by atoms with Gasteiger partial charge in [-0.15, -0.1) is 0 Å². The Morgan fingerprint density at radius 3 is 2.50 bits per heavy atom. The number of likely N-dealkylation sites (N-methyl/N-ethyl adjacent to an activating group) is 1. The zero-order valence-corrected chi connectivity index (χ0v) is 23.7. The van der Waals surface area contributed by atoms with Gasteiger partial charge in [0.2, 0.25) is 17.7 Å². The fraction of sp³-hybridized carbons (Fsp3) is 0.690. The van der Waals surface area contributed by atoms with E-state index in [4.69, 9.17) is 0 Å². The van der Waals surface area contributed by atoms with Gasteiger partial charge < -0.3 is 26.0 Å². The summed E-state index contributed by atoms with van der Waals surface area (Å²) in [4.78, 5) is 43.0. The lowest BCUT2D eigenvalue weighted by Gasteiger charge is -2.42. The molecular weight excluding hydrogens is 482 g/mol. The molecule has 1 aromatic carbocycles. The third kappa shape index (κ3) is 5.60. The second-order valence-electron chi connectivity index (χ2n) is 12.3. The highest BCUT2D eigenvalue weighted by molar-refractivity contribution is 5.83. The molecule has 7 unspecified atom stereocenters. The number of amides is 3. The minimum Gasteiger partial charge on any atom is -0.376 e. The van der Waals surface area contributed by atoms with Gasteiger partial charge in [-0.2, -0.15) is 0 Å². The Bertz CT molecular complexity index is 1040. The largest absolute Gasteiger partial charge is 0.376 e. The molecule has 7 atom stereocenters. The number of hydrogen-bond acceptors (Lipinski definition) is 6. The number of benzene rings is 1. The van der Waals surface area contributed by atoms with Crippen LogP contribution in [0.15, 0.2) is 24.3 Å². The number of nitrogens with one attached hydrogen (secondary N) is 3. The van der Waals surface area contributed by atoms with Crippen molar-refractivity contribution < 1.29 is 19.5 Å². The van der Waals surface area contributed by atoms with Crippen LogP contribution in [0, 0.1) is 11.3 Å². The molecule has 0 saturated carbocycles. The quantitative estimate of drug-likeness (QED) is 0.428. The van der Waals surface area contributed by atoms with E-state index < -0.39 is 29.6 Å². The van der Waals surface area contributed by atoms with Gasteiger partial charge in [-0.05, 0) is 56.2 Å². The van der Waals surface area contributed by atoms with Gasteiger partial charge in [0.1, 0.15) is 6.23 Å². The summed E-state index contributed by atoms with van der Waals surface area (Å²) in [6.07, 6.45) is 2.58. The minimum absolute atomic E-state index is 0.0540. The van der Waals surface area contributed by atoms with Crippen LogP contribution in [0.2, 0.25) is 0 Å². The normalized spacial score (nSPS) is 27.7. The van der Waals surface area contributed by atoms with E-state index in [0.717, 1.165) is 19.3 Å². The van der Waals surface area contributed by atoms with Gasteiger partial charge in [0.25, 0.3) is 0 Å². The van der Waals surface area contributed by atoms with Crippen molar-refractivity contribution in [3.63, 3.8) is 0 Å². The monoisotopic (exact) mass is 527 g/mol. The van der Waals surface area contributed by atoms with Crippen LogP contribution < -0.4 is 16.0 Å². The second-order valence-corrected chi connectivity index (χ2v) is 12.3. The average molecular weight is 528 g/mol. The van der Waals surface area contributed by atoms with Crippen LogP contribution in [-0.4, -0.2) is 83.2 Å². The van der Waals surface area contributed by atoms with E-state index in [0.29, 0.717) is 19.5 Å². The first-order chi connectivity index (χ1) is 17.9. The second kappa shape index (κ2) is 11.3. The Morgan fingerprint density at radius 2 is 1.84 bits per heavy atom. The molecule has 0 aromatic heterocycles. The predicted octanol–water partition coefficient (Wildman–Crippen LogP) is 1.56. The Hall–Kier alpha value is -2.49. The van der Waals surface area contributed by atoms with Crippen molar-refractivity contribution in [1.82, 2.24) is 25.8 Å². The average Bonchev–Trinajstić information content (AvgIpc) is 3.46. The summed E-state index contributed by atoms with van der Waals surface area (Å²) in [5.74, 6) is -0.796. The Balaban J connectivity index is 1.58. The number of carbonyl (C=O) groups excluding carboxylic acids is 3. The lowest BCUT2D eigenvalue weighted by molar-refractivity contribution is -0.133. The molecular formula is C29H45N5O4. The molecule has 38 heavy (non-hydrogen) atoms. The van der Waals surface area contributed by atoms with Crippen LogP contribution in [-0.2, 0) is 20.8 Å². The van der Waals surface area contributed by atoms with Crippen LogP contribution in [0.1, 0.15) is 71.0 Å². The molecule has 9 nitrogen and oxygen atoms in total. The molecule has 2 heterocycles. The third-order valence-electron chi connectivity index (χ3n) is 8.79. The first-order valence-electron chi connectivity index (χ1n) is 14.0. The Kier molecular flexibility index (Phi) is 8.49. The van der Waals surface area contributed by atoms with Gasteiger partial charge in [0, 0.05) is 32.1 Å². The molecule has 2 aliphatic heterocycles. The van der Waals surface area contributed by atoms with Crippen LogP contribution in [0.4, 0.5) is 0 Å². The van der Waals surface area contributed by atoms with Crippen LogP contribution in [0.5, 0.6) is 0 Å². The van der Waals surface area contributed by atoms with E-state index in [9.17, 15) is 19.5 Å². The summed E-state index contributed by atoms with van der Waals surface area (Å²) in [6.45, 7) is 10.2. The summed E-state index contributed by atoms with van der Waals surface area (Å²) >= 11 is 0. The predicted molar refractivity (Wildman–Crippen MR) is 146 cm³/mol. The topological polar surface area (TPSA) is 114 Å². The van der Waals surface area contributed by atoms with E-state index in [2.05, 4.69) is 28.1 Å². The zero-order chi connectivity index (χ0) is 27.8. The Morgan fingerprint density at radius 1 is 1.13 bits per heavy atom. The molecule has 4 N–H and O–H groups in total. The first kappa shape index (κ1) is 28.5. The summed E-state index contributed by atoms with van der Waals surface area (Å²) in [6, 6.07) is 6.77. The van der Waals surface area contributed by atoms with Crippen molar-refractivity contribution >= 4 is 17.7 Å². The van der Waals surface area contributed by atoms with Crippen LogP contribution in [0.25, 0.3) is 0 Å². The molecule has 0 bridgehead atoms. The van der Waals surface area contributed by atoms with Crippen LogP contribution >= 0.6 is 0 Å². The van der Waals surface area contributed by atoms with E-state index in [1.54, 1.807) is 25.8 Å². The molecule has 9 heteroatoms. The number of rotatable bonds is 7. The summed E-state index contributed by atoms with van der Waals surface area (Å²) in [5.41, 5.74) is 2.00. The van der Waals surface area contributed by atoms with E-state index in [1.165, 1.54) is 11.1 Å². The van der Waals surface area contributed by atoms with Gasteiger partial charge in [0.15, 0.2) is 0 Å². The number of aliphatic hydroxyl groups is 1. The fourth-order valence-electron chi connectivity index (χ4n) is 6.55. The fourth-order valence-corrected chi connectivity index (χ4v) is 6.55. The number of fused-ring (bicyclic) bond motifs is 2. The van der Waals surface area contributed by atoms with Crippen molar-refractivity contribution in [3.05, 3.63) is 35.4 Å². The summed E-state index contributed by atoms with van der Waals surface area (Å²) < 4.78 is 0. The smallest absolute Gasteiger partial charge is 0.237 e. The molecule has 2 fully saturated rings. The van der Waals surface area contributed by atoms with Crippen molar-refractivity contribution in [2.24, 2.45) is 11.3 Å². The number of likely N-dealkylation sites (tertiary alicyclic amines) is 2. The summed E-state index contributed by atoms with van der Waals surface area (Å²) in [5, 5.41) is 21.0.